The SMILES string of the molecule is CC(CC(=O)O)CC(O)c1ccc2c(c1)CCO2. The van der Waals surface area contributed by atoms with Crippen LogP contribution in [0.15, 0.2) is 18.2 Å². The number of carboxylic acids is 1. The van der Waals surface area contributed by atoms with Crippen LogP contribution in [0.2, 0.25) is 0 Å². The van der Waals surface area contributed by atoms with Crippen LogP contribution in [-0.2, 0) is 11.2 Å². The van der Waals surface area contributed by atoms with E-state index in [1.165, 1.54) is 0 Å². The van der Waals surface area contributed by atoms with Gasteiger partial charge in [-0.25, -0.2) is 0 Å². The molecule has 2 rings (SSSR count). The summed E-state index contributed by atoms with van der Waals surface area (Å²) in [7, 11) is 0. The lowest BCUT2D eigenvalue weighted by Crippen LogP contribution is -2.09. The van der Waals surface area contributed by atoms with Crippen LogP contribution in [-0.4, -0.2) is 22.8 Å². The fourth-order valence-corrected chi connectivity index (χ4v) is 2.31. The molecule has 1 aliphatic rings. The maximum absolute atomic E-state index is 10.6. The zero-order valence-electron chi connectivity index (χ0n) is 10.4. The molecular weight excluding hydrogens is 232 g/mol. The van der Waals surface area contributed by atoms with Crippen LogP contribution in [0, 0.1) is 5.92 Å². The Morgan fingerprint density at radius 1 is 1.50 bits per heavy atom. The molecule has 4 nitrogen and oxygen atoms in total. The van der Waals surface area contributed by atoms with Crippen molar-refractivity contribution in [1.29, 1.82) is 0 Å². The Hall–Kier alpha value is -1.55. The van der Waals surface area contributed by atoms with Gasteiger partial charge in [0.05, 0.1) is 12.7 Å². The monoisotopic (exact) mass is 250 g/mol. The molecule has 0 fully saturated rings. The van der Waals surface area contributed by atoms with Gasteiger partial charge in [-0.2, -0.15) is 0 Å². The number of carboxylic acid groups (broad SMARTS) is 1. The van der Waals surface area contributed by atoms with E-state index in [1.54, 1.807) is 0 Å². The molecule has 0 spiro atoms. The molecular formula is C14H18O4. The highest BCUT2D eigenvalue weighted by atomic mass is 16.5. The van der Waals surface area contributed by atoms with E-state index < -0.39 is 12.1 Å². The largest absolute Gasteiger partial charge is 0.493 e. The van der Waals surface area contributed by atoms with Crippen molar-refractivity contribution >= 4 is 5.97 Å². The summed E-state index contributed by atoms with van der Waals surface area (Å²) in [6, 6.07) is 5.69. The first kappa shape index (κ1) is 12.9. The lowest BCUT2D eigenvalue weighted by Gasteiger charge is -2.16. The number of benzene rings is 1. The van der Waals surface area contributed by atoms with Gasteiger partial charge >= 0.3 is 5.97 Å². The molecule has 0 aromatic heterocycles. The van der Waals surface area contributed by atoms with Crippen LogP contribution in [0.3, 0.4) is 0 Å². The molecule has 98 valence electrons. The van der Waals surface area contributed by atoms with E-state index in [-0.39, 0.29) is 12.3 Å². The van der Waals surface area contributed by atoms with Crippen molar-refractivity contribution in [3.05, 3.63) is 29.3 Å². The number of carbonyl (C=O) groups is 1. The van der Waals surface area contributed by atoms with Crippen molar-refractivity contribution < 1.29 is 19.7 Å². The van der Waals surface area contributed by atoms with Crippen LogP contribution in [0.5, 0.6) is 5.75 Å². The topological polar surface area (TPSA) is 66.8 Å². The Morgan fingerprint density at radius 3 is 3.00 bits per heavy atom. The number of hydrogen-bond acceptors (Lipinski definition) is 3. The van der Waals surface area contributed by atoms with Crippen LogP contribution in [0.4, 0.5) is 0 Å². The first-order valence-corrected chi connectivity index (χ1v) is 6.21. The molecule has 18 heavy (non-hydrogen) atoms. The second-order valence-corrected chi connectivity index (χ2v) is 4.92. The number of hydrogen-bond donors (Lipinski definition) is 2. The van der Waals surface area contributed by atoms with Crippen LogP contribution >= 0.6 is 0 Å². The fourth-order valence-electron chi connectivity index (χ4n) is 2.31. The molecule has 0 bridgehead atoms. The number of rotatable bonds is 5. The molecule has 0 saturated heterocycles. The number of fused-ring (bicyclic) bond motifs is 1. The summed E-state index contributed by atoms with van der Waals surface area (Å²) >= 11 is 0. The van der Waals surface area contributed by atoms with Crippen molar-refractivity contribution in [3.8, 4) is 5.75 Å². The summed E-state index contributed by atoms with van der Waals surface area (Å²) in [5.41, 5.74) is 1.97. The molecule has 4 heteroatoms. The highest BCUT2D eigenvalue weighted by Gasteiger charge is 2.18. The molecule has 0 saturated carbocycles. The zero-order valence-corrected chi connectivity index (χ0v) is 10.4. The molecule has 2 N–H and O–H groups in total. The molecule has 0 amide bonds. The highest BCUT2D eigenvalue weighted by Crippen LogP contribution is 2.30. The van der Waals surface area contributed by atoms with Gasteiger partial charge in [-0.05, 0) is 35.6 Å². The molecule has 1 aromatic carbocycles. The maximum atomic E-state index is 10.6. The summed E-state index contributed by atoms with van der Waals surface area (Å²) in [6.07, 6.45) is 0.822. The first-order valence-electron chi connectivity index (χ1n) is 6.21. The van der Waals surface area contributed by atoms with Crippen molar-refractivity contribution in [3.63, 3.8) is 0 Å². The second-order valence-electron chi connectivity index (χ2n) is 4.92. The smallest absolute Gasteiger partial charge is 0.303 e. The van der Waals surface area contributed by atoms with E-state index in [2.05, 4.69) is 0 Å². The summed E-state index contributed by atoms with van der Waals surface area (Å²) in [5.74, 6) is 0.0311. The average molecular weight is 250 g/mol. The van der Waals surface area contributed by atoms with Gasteiger partial charge in [0.15, 0.2) is 0 Å². The minimum atomic E-state index is -0.822. The molecule has 1 heterocycles. The lowest BCUT2D eigenvalue weighted by atomic mass is 9.94. The quantitative estimate of drug-likeness (QED) is 0.840. The molecule has 2 unspecified atom stereocenters. The minimum Gasteiger partial charge on any atom is -0.493 e. The zero-order chi connectivity index (χ0) is 13.1. The predicted molar refractivity (Wildman–Crippen MR) is 66.6 cm³/mol. The van der Waals surface area contributed by atoms with E-state index in [0.717, 1.165) is 23.3 Å². The Bertz CT molecular complexity index is 441. The van der Waals surface area contributed by atoms with Crippen LogP contribution in [0.25, 0.3) is 0 Å². The van der Waals surface area contributed by atoms with Gasteiger partial charge in [-0.15, -0.1) is 0 Å². The Morgan fingerprint density at radius 2 is 2.28 bits per heavy atom. The van der Waals surface area contributed by atoms with Crippen LogP contribution in [0.1, 0.15) is 37.0 Å². The Labute approximate surface area is 106 Å². The van der Waals surface area contributed by atoms with Crippen LogP contribution < -0.4 is 4.74 Å². The molecule has 1 aromatic rings. The first-order chi connectivity index (χ1) is 8.56. The third kappa shape index (κ3) is 3.01. The molecule has 1 aliphatic heterocycles. The summed E-state index contributed by atoms with van der Waals surface area (Å²) in [5, 5.41) is 18.8. The van der Waals surface area contributed by atoms with Gasteiger partial charge in [-0.3, -0.25) is 4.79 Å². The minimum absolute atomic E-state index is 0.0398. The van der Waals surface area contributed by atoms with E-state index in [9.17, 15) is 9.90 Å². The van der Waals surface area contributed by atoms with E-state index in [0.29, 0.717) is 13.0 Å². The molecule has 0 radical (unpaired) electrons. The summed E-state index contributed by atoms with van der Waals surface area (Å²) in [4.78, 5) is 10.6. The lowest BCUT2D eigenvalue weighted by molar-refractivity contribution is -0.138. The summed E-state index contributed by atoms with van der Waals surface area (Å²) < 4.78 is 5.41. The van der Waals surface area contributed by atoms with Crippen molar-refractivity contribution in [2.75, 3.05) is 6.61 Å². The van der Waals surface area contributed by atoms with Crippen molar-refractivity contribution in [2.24, 2.45) is 5.92 Å². The Balaban J connectivity index is 2.00. The van der Waals surface area contributed by atoms with E-state index in [1.807, 2.05) is 25.1 Å². The number of aliphatic hydroxyl groups excluding tert-OH is 1. The van der Waals surface area contributed by atoms with Gasteiger partial charge < -0.3 is 14.9 Å². The van der Waals surface area contributed by atoms with Crippen molar-refractivity contribution in [2.45, 2.75) is 32.3 Å². The van der Waals surface area contributed by atoms with Gasteiger partial charge in [0.25, 0.3) is 0 Å². The normalized spacial score (nSPS) is 16.8. The van der Waals surface area contributed by atoms with Gasteiger partial charge in [-0.1, -0.05) is 13.0 Å². The number of ether oxygens (including phenoxy) is 1. The average Bonchev–Trinajstić information content (AvgIpc) is 2.74. The molecule has 0 aliphatic carbocycles. The summed E-state index contributed by atoms with van der Waals surface area (Å²) in [6.45, 7) is 2.54. The maximum Gasteiger partial charge on any atom is 0.303 e. The third-order valence-electron chi connectivity index (χ3n) is 3.25. The van der Waals surface area contributed by atoms with Crippen molar-refractivity contribution in [1.82, 2.24) is 0 Å². The highest BCUT2D eigenvalue weighted by molar-refractivity contribution is 5.66. The third-order valence-corrected chi connectivity index (χ3v) is 3.25. The standard InChI is InChI=1S/C14H18O4/c1-9(7-14(16)17)6-12(15)10-2-3-13-11(8-10)4-5-18-13/h2-3,8-9,12,15H,4-7H2,1H3,(H,16,17). The number of aliphatic hydroxyl groups is 1. The second kappa shape index (κ2) is 5.40. The Kier molecular flexibility index (Phi) is 3.87. The van der Waals surface area contributed by atoms with Gasteiger partial charge in [0.2, 0.25) is 0 Å². The predicted octanol–water partition coefficient (Wildman–Crippen LogP) is 2.16. The van der Waals surface area contributed by atoms with E-state index >= 15 is 0 Å². The fraction of sp³-hybridized carbons (Fsp3) is 0.500. The van der Waals surface area contributed by atoms with Gasteiger partial charge in [0.1, 0.15) is 5.75 Å². The van der Waals surface area contributed by atoms with E-state index in [4.69, 9.17) is 9.84 Å². The number of aliphatic carboxylic acids is 1. The molecule has 2 atom stereocenters. The van der Waals surface area contributed by atoms with Gasteiger partial charge in [0, 0.05) is 12.8 Å².